The third-order valence-corrected chi connectivity index (χ3v) is 5.42. The molecule has 4 rings (SSSR count). The van der Waals surface area contributed by atoms with Crippen LogP contribution in [0.15, 0.2) is 113 Å². The van der Waals surface area contributed by atoms with Gasteiger partial charge in [-0.05, 0) is 47.8 Å². The number of nitrogens with zero attached hydrogens (tertiary/aromatic N) is 2. The van der Waals surface area contributed by atoms with Crippen molar-refractivity contribution in [2.75, 3.05) is 5.32 Å². The van der Waals surface area contributed by atoms with E-state index < -0.39 is 6.17 Å². The zero-order valence-corrected chi connectivity index (χ0v) is 17.8. The summed E-state index contributed by atoms with van der Waals surface area (Å²) in [5, 5.41) is 16.2. The Hall–Kier alpha value is -4.10. The molecule has 0 saturated heterocycles. The molecule has 32 heavy (non-hydrogen) atoms. The van der Waals surface area contributed by atoms with Gasteiger partial charge in [-0.25, -0.2) is 0 Å². The number of nitrogens with one attached hydrogen (secondary N) is 2. The average molecular weight is 441 g/mol. The molecule has 1 atom stereocenters. The molecule has 2 N–H and O–H groups in total. The zero-order chi connectivity index (χ0) is 22.2. The van der Waals surface area contributed by atoms with Crippen molar-refractivity contribution in [3.63, 3.8) is 0 Å². The molecule has 0 radical (unpaired) electrons. The summed E-state index contributed by atoms with van der Waals surface area (Å²) in [6.45, 7) is 0. The second-order valence-electron chi connectivity index (χ2n) is 6.84. The van der Waals surface area contributed by atoms with Crippen LogP contribution >= 0.6 is 11.3 Å². The first-order chi connectivity index (χ1) is 15.7. The molecule has 0 unspecified atom stereocenters. The molecule has 0 aliphatic heterocycles. The lowest BCUT2D eigenvalue weighted by molar-refractivity contribution is 0.0872. The monoisotopic (exact) mass is 440 g/mol. The smallest absolute Gasteiger partial charge is 0.263 e. The summed E-state index contributed by atoms with van der Waals surface area (Å²) < 4.78 is 0. The minimum atomic E-state index is -0.927. The normalized spacial score (nSPS) is 11.8. The number of ketones is 1. The fraction of sp³-hybridized carbons (Fsp3) is 0.0400. The first-order valence-electron chi connectivity index (χ1n) is 9.96. The van der Waals surface area contributed by atoms with E-state index in [4.69, 9.17) is 0 Å². The van der Waals surface area contributed by atoms with Crippen molar-refractivity contribution in [1.29, 1.82) is 0 Å². The molecule has 0 spiro atoms. The Morgan fingerprint density at radius 1 is 0.719 bits per heavy atom. The topological polar surface area (TPSA) is 82.9 Å². The summed E-state index contributed by atoms with van der Waals surface area (Å²) in [5.74, 6) is -0.543. The molecule has 0 fully saturated rings. The number of azo groups is 1. The van der Waals surface area contributed by atoms with Crippen LogP contribution in [-0.4, -0.2) is 17.9 Å². The van der Waals surface area contributed by atoms with Crippen molar-refractivity contribution in [3.8, 4) is 0 Å². The minimum absolute atomic E-state index is 0.233. The van der Waals surface area contributed by atoms with Crippen LogP contribution in [0.25, 0.3) is 0 Å². The highest BCUT2D eigenvalue weighted by Gasteiger charge is 2.23. The van der Waals surface area contributed by atoms with E-state index in [9.17, 15) is 9.59 Å². The summed E-state index contributed by atoms with van der Waals surface area (Å²) in [4.78, 5) is 26.2. The standard InChI is InChI=1S/C25H20N4O2S/c30-23(18-8-3-1-4-9-18)24(27-25(31)22-12-7-17-32-22)26-19-13-15-21(16-14-19)29-28-20-10-5-2-6-11-20/h1-17,24,26H,(H,27,31)/t24-/m0/s1. The van der Waals surface area contributed by atoms with Crippen LogP contribution in [0.1, 0.15) is 20.0 Å². The van der Waals surface area contributed by atoms with Crippen LogP contribution < -0.4 is 10.6 Å². The van der Waals surface area contributed by atoms with E-state index in [-0.39, 0.29) is 11.7 Å². The first kappa shape index (κ1) is 21.1. The molecule has 158 valence electrons. The number of amides is 1. The lowest BCUT2D eigenvalue weighted by Crippen LogP contribution is -2.46. The van der Waals surface area contributed by atoms with E-state index in [1.807, 2.05) is 41.8 Å². The van der Waals surface area contributed by atoms with Gasteiger partial charge in [-0.3, -0.25) is 9.59 Å². The first-order valence-corrected chi connectivity index (χ1v) is 10.8. The van der Waals surface area contributed by atoms with E-state index in [1.165, 1.54) is 11.3 Å². The Morgan fingerprint density at radius 2 is 1.34 bits per heavy atom. The molecule has 4 aromatic rings. The van der Waals surface area contributed by atoms with Crippen LogP contribution in [-0.2, 0) is 0 Å². The molecule has 1 heterocycles. The predicted molar refractivity (Wildman–Crippen MR) is 127 cm³/mol. The van der Waals surface area contributed by atoms with Crippen LogP contribution in [0, 0.1) is 0 Å². The molecule has 3 aromatic carbocycles. The predicted octanol–water partition coefficient (Wildman–Crippen LogP) is 6.21. The lowest BCUT2D eigenvalue weighted by atomic mass is 10.1. The Labute approximate surface area is 189 Å². The quantitative estimate of drug-likeness (QED) is 0.194. The van der Waals surface area contributed by atoms with Crippen LogP contribution in [0.3, 0.4) is 0 Å². The van der Waals surface area contributed by atoms with Gasteiger partial charge in [-0.2, -0.15) is 10.2 Å². The van der Waals surface area contributed by atoms with Crippen LogP contribution in [0.2, 0.25) is 0 Å². The molecule has 0 saturated carbocycles. The van der Waals surface area contributed by atoms with Crippen molar-refractivity contribution in [2.24, 2.45) is 10.2 Å². The fourth-order valence-corrected chi connectivity index (χ4v) is 3.57. The number of thiophene rings is 1. The summed E-state index contributed by atoms with van der Waals surface area (Å²) in [6.07, 6.45) is -0.927. The zero-order valence-electron chi connectivity index (χ0n) is 17.0. The van der Waals surface area contributed by atoms with Gasteiger partial charge in [0.25, 0.3) is 5.91 Å². The van der Waals surface area contributed by atoms with Gasteiger partial charge < -0.3 is 10.6 Å². The minimum Gasteiger partial charge on any atom is -0.359 e. The largest absolute Gasteiger partial charge is 0.359 e. The summed E-state index contributed by atoms with van der Waals surface area (Å²) in [6, 6.07) is 29.0. The Balaban J connectivity index is 1.50. The summed E-state index contributed by atoms with van der Waals surface area (Å²) in [7, 11) is 0. The van der Waals surface area contributed by atoms with E-state index in [0.29, 0.717) is 21.8 Å². The van der Waals surface area contributed by atoms with Gasteiger partial charge in [0.2, 0.25) is 5.78 Å². The number of hydrogen-bond acceptors (Lipinski definition) is 6. The van der Waals surface area contributed by atoms with Gasteiger partial charge >= 0.3 is 0 Å². The number of carbonyl (C=O) groups excluding carboxylic acids is 2. The molecule has 7 heteroatoms. The lowest BCUT2D eigenvalue weighted by Gasteiger charge is -2.20. The Kier molecular flexibility index (Phi) is 6.79. The molecule has 0 aliphatic carbocycles. The molecule has 0 aliphatic rings. The van der Waals surface area contributed by atoms with E-state index in [1.54, 1.807) is 60.7 Å². The molecule has 6 nitrogen and oxygen atoms in total. The second kappa shape index (κ2) is 10.3. The molecule has 1 amide bonds. The molecule has 0 bridgehead atoms. The highest BCUT2D eigenvalue weighted by Crippen LogP contribution is 2.21. The van der Waals surface area contributed by atoms with Crippen LogP contribution in [0.4, 0.5) is 17.1 Å². The second-order valence-corrected chi connectivity index (χ2v) is 7.79. The van der Waals surface area contributed by atoms with E-state index in [2.05, 4.69) is 20.9 Å². The van der Waals surface area contributed by atoms with Gasteiger partial charge in [-0.15, -0.1) is 11.3 Å². The van der Waals surface area contributed by atoms with Crippen LogP contribution in [0.5, 0.6) is 0 Å². The fourth-order valence-electron chi connectivity index (χ4n) is 2.95. The average Bonchev–Trinajstić information content (AvgIpc) is 3.39. The molecular formula is C25H20N4O2S. The number of carbonyl (C=O) groups is 2. The number of anilines is 1. The number of rotatable bonds is 8. The summed E-state index contributed by atoms with van der Waals surface area (Å²) in [5.41, 5.74) is 2.61. The van der Waals surface area contributed by atoms with E-state index >= 15 is 0 Å². The van der Waals surface area contributed by atoms with Crippen molar-refractivity contribution >= 4 is 40.1 Å². The maximum atomic E-state index is 13.1. The SMILES string of the molecule is O=C(N[C@H](Nc1ccc(N=Nc2ccccc2)cc1)C(=O)c1ccccc1)c1cccs1. The van der Waals surface area contributed by atoms with Gasteiger partial charge in [0.05, 0.1) is 16.3 Å². The molecule has 1 aromatic heterocycles. The number of hydrogen-bond donors (Lipinski definition) is 2. The maximum absolute atomic E-state index is 13.1. The Bertz CT molecular complexity index is 1190. The van der Waals surface area contributed by atoms with E-state index in [0.717, 1.165) is 5.69 Å². The summed E-state index contributed by atoms with van der Waals surface area (Å²) >= 11 is 1.32. The highest BCUT2D eigenvalue weighted by atomic mass is 32.1. The highest BCUT2D eigenvalue weighted by molar-refractivity contribution is 7.12. The Morgan fingerprint density at radius 3 is 1.97 bits per heavy atom. The van der Waals surface area contributed by atoms with Crippen molar-refractivity contribution in [2.45, 2.75) is 6.17 Å². The van der Waals surface area contributed by atoms with Crippen molar-refractivity contribution in [3.05, 3.63) is 113 Å². The van der Waals surface area contributed by atoms with Gasteiger partial charge in [0.15, 0.2) is 6.17 Å². The van der Waals surface area contributed by atoms with Gasteiger partial charge in [-0.1, -0.05) is 54.6 Å². The van der Waals surface area contributed by atoms with Gasteiger partial charge in [0.1, 0.15) is 0 Å². The van der Waals surface area contributed by atoms with Crippen molar-refractivity contribution in [1.82, 2.24) is 5.32 Å². The van der Waals surface area contributed by atoms with Gasteiger partial charge in [0, 0.05) is 11.3 Å². The molecular weight excluding hydrogens is 420 g/mol. The third kappa shape index (κ3) is 5.53. The van der Waals surface area contributed by atoms with Crippen molar-refractivity contribution < 1.29 is 9.59 Å². The number of benzene rings is 3. The maximum Gasteiger partial charge on any atom is 0.263 e. The number of Topliss-reactive ketones (excluding diaryl/α,β-unsaturated/α-hetero) is 1. The third-order valence-electron chi connectivity index (χ3n) is 4.56.